The minimum absolute atomic E-state index is 0.270. The Morgan fingerprint density at radius 3 is 2.48 bits per heavy atom. The molecule has 2 amide bonds. The number of anilines is 1. The molecule has 0 aliphatic heterocycles. The van der Waals surface area contributed by atoms with Crippen molar-refractivity contribution in [2.75, 3.05) is 5.32 Å². The molecular formula is C14H21N5OS. The van der Waals surface area contributed by atoms with E-state index in [2.05, 4.69) is 20.7 Å². The van der Waals surface area contributed by atoms with Gasteiger partial charge in [0.2, 0.25) is 0 Å². The molecule has 0 bridgehead atoms. The number of urea groups is 1. The van der Waals surface area contributed by atoms with E-state index in [9.17, 15) is 4.79 Å². The molecule has 0 fully saturated rings. The molecule has 0 radical (unpaired) electrons. The fourth-order valence-corrected chi connectivity index (χ4v) is 2.92. The molecule has 0 aliphatic rings. The largest absolute Gasteiger partial charge is 0.326 e. The molecule has 7 heteroatoms. The van der Waals surface area contributed by atoms with Crippen LogP contribution in [0, 0.1) is 20.8 Å². The lowest BCUT2D eigenvalue weighted by atomic mass is 10.1. The standard InChI is InChI=1S/C14H21N5OS/c1-8-7-11(19(6)18-8)16-13(20)17-14(4,5)12-15-9(2)10(3)21-12/h7H,1-6H3,(H2,16,17,20). The molecule has 0 unspecified atom stereocenters. The summed E-state index contributed by atoms with van der Waals surface area (Å²) in [6, 6.07) is 1.55. The Kier molecular flexibility index (Phi) is 4.04. The maximum Gasteiger partial charge on any atom is 0.321 e. The summed E-state index contributed by atoms with van der Waals surface area (Å²) >= 11 is 1.61. The summed E-state index contributed by atoms with van der Waals surface area (Å²) in [5.41, 5.74) is 1.34. The lowest BCUT2D eigenvalue weighted by molar-refractivity contribution is 0.241. The van der Waals surface area contributed by atoms with Crippen molar-refractivity contribution in [1.29, 1.82) is 0 Å². The van der Waals surface area contributed by atoms with Gasteiger partial charge >= 0.3 is 6.03 Å². The van der Waals surface area contributed by atoms with Crippen LogP contribution in [-0.4, -0.2) is 20.8 Å². The van der Waals surface area contributed by atoms with Crippen molar-refractivity contribution >= 4 is 23.2 Å². The van der Waals surface area contributed by atoms with E-state index in [0.717, 1.165) is 16.4 Å². The number of carbonyl (C=O) groups excluding carboxylic acids is 1. The molecule has 0 aromatic carbocycles. The van der Waals surface area contributed by atoms with Gasteiger partial charge < -0.3 is 5.32 Å². The fraction of sp³-hybridized carbons (Fsp3) is 0.500. The van der Waals surface area contributed by atoms with Gasteiger partial charge in [0, 0.05) is 18.0 Å². The van der Waals surface area contributed by atoms with Crippen LogP contribution < -0.4 is 10.6 Å². The molecule has 0 saturated heterocycles. The zero-order chi connectivity index (χ0) is 15.8. The number of aryl methyl sites for hydroxylation is 4. The molecule has 2 heterocycles. The van der Waals surface area contributed by atoms with E-state index in [1.807, 2.05) is 40.7 Å². The molecule has 0 aliphatic carbocycles. The van der Waals surface area contributed by atoms with Gasteiger partial charge in [-0.05, 0) is 34.6 Å². The van der Waals surface area contributed by atoms with Crippen LogP contribution in [-0.2, 0) is 12.6 Å². The molecule has 2 rings (SSSR count). The van der Waals surface area contributed by atoms with E-state index in [1.165, 1.54) is 4.88 Å². The summed E-state index contributed by atoms with van der Waals surface area (Å²) < 4.78 is 1.64. The topological polar surface area (TPSA) is 71.8 Å². The van der Waals surface area contributed by atoms with Crippen molar-refractivity contribution in [3.8, 4) is 0 Å². The third-order valence-corrected chi connectivity index (χ3v) is 4.63. The SMILES string of the molecule is Cc1cc(NC(=O)NC(C)(C)c2nc(C)c(C)s2)n(C)n1. The van der Waals surface area contributed by atoms with Crippen LogP contribution in [0.4, 0.5) is 10.6 Å². The summed E-state index contributed by atoms with van der Waals surface area (Å²) in [5.74, 6) is 0.660. The van der Waals surface area contributed by atoms with Gasteiger partial charge in [0.05, 0.1) is 16.9 Å². The van der Waals surface area contributed by atoms with Gasteiger partial charge in [0.25, 0.3) is 0 Å². The monoisotopic (exact) mass is 307 g/mol. The molecular weight excluding hydrogens is 286 g/mol. The predicted octanol–water partition coefficient (Wildman–Crippen LogP) is 2.86. The Morgan fingerprint density at radius 1 is 1.33 bits per heavy atom. The quantitative estimate of drug-likeness (QED) is 0.916. The Morgan fingerprint density at radius 2 is 2.00 bits per heavy atom. The van der Waals surface area contributed by atoms with Crippen LogP contribution in [0.2, 0.25) is 0 Å². The van der Waals surface area contributed by atoms with Crippen molar-refractivity contribution in [2.45, 2.75) is 40.2 Å². The van der Waals surface area contributed by atoms with Crippen molar-refractivity contribution < 1.29 is 4.79 Å². The predicted molar refractivity (Wildman–Crippen MR) is 84.7 cm³/mol. The van der Waals surface area contributed by atoms with Crippen molar-refractivity contribution in [1.82, 2.24) is 20.1 Å². The van der Waals surface area contributed by atoms with Crippen LogP contribution in [0.1, 0.15) is 35.1 Å². The smallest absolute Gasteiger partial charge is 0.321 e. The van der Waals surface area contributed by atoms with Gasteiger partial charge in [-0.1, -0.05) is 0 Å². The maximum atomic E-state index is 12.2. The second kappa shape index (κ2) is 5.48. The highest BCUT2D eigenvalue weighted by atomic mass is 32.1. The van der Waals surface area contributed by atoms with Crippen LogP contribution in [0.3, 0.4) is 0 Å². The zero-order valence-electron chi connectivity index (χ0n) is 13.2. The van der Waals surface area contributed by atoms with E-state index in [0.29, 0.717) is 5.82 Å². The van der Waals surface area contributed by atoms with E-state index in [1.54, 1.807) is 23.1 Å². The lowest BCUT2D eigenvalue weighted by Gasteiger charge is -2.24. The van der Waals surface area contributed by atoms with Gasteiger partial charge in [0.1, 0.15) is 10.8 Å². The summed E-state index contributed by atoms with van der Waals surface area (Å²) in [6.07, 6.45) is 0. The number of hydrogen-bond acceptors (Lipinski definition) is 4. The van der Waals surface area contributed by atoms with Crippen molar-refractivity contribution in [3.05, 3.63) is 27.3 Å². The minimum Gasteiger partial charge on any atom is -0.326 e. The normalized spacial score (nSPS) is 11.5. The average Bonchev–Trinajstić information content (AvgIpc) is 2.83. The second-order valence-corrected chi connectivity index (χ2v) is 6.86. The highest BCUT2D eigenvalue weighted by molar-refractivity contribution is 7.11. The number of carbonyl (C=O) groups is 1. The third kappa shape index (κ3) is 3.41. The van der Waals surface area contributed by atoms with Crippen molar-refractivity contribution in [2.24, 2.45) is 7.05 Å². The highest BCUT2D eigenvalue weighted by Crippen LogP contribution is 2.27. The van der Waals surface area contributed by atoms with Crippen LogP contribution in [0.5, 0.6) is 0 Å². The molecule has 2 aromatic rings. The number of nitrogens with one attached hydrogen (secondary N) is 2. The van der Waals surface area contributed by atoms with Gasteiger partial charge in [-0.15, -0.1) is 11.3 Å². The summed E-state index contributed by atoms with van der Waals surface area (Å²) in [4.78, 5) is 17.9. The van der Waals surface area contributed by atoms with Crippen LogP contribution >= 0.6 is 11.3 Å². The molecule has 114 valence electrons. The summed E-state index contributed by atoms with van der Waals surface area (Å²) in [6.45, 7) is 9.78. The zero-order valence-corrected chi connectivity index (χ0v) is 14.1. The Balaban J connectivity index is 2.09. The number of rotatable bonds is 3. The first kappa shape index (κ1) is 15.5. The molecule has 2 aromatic heterocycles. The first-order valence-corrected chi connectivity index (χ1v) is 7.55. The second-order valence-electron chi connectivity index (χ2n) is 5.66. The first-order chi connectivity index (χ1) is 9.69. The molecule has 0 spiro atoms. The number of aromatic nitrogens is 3. The third-order valence-electron chi connectivity index (χ3n) is 3.23. The Labute approximate surface area is 128 Å². The Bertz CT molecular complexity index is 651. The molecule has 0 saturated carbocycles. The number of hydrogen-bond donors (Lipinski definition) is 2. The summed E-state index contributed by atoms with van der Waals surface area (Å²) in [5, 5.41) is 10.9. The van der Waals surface area contributed by atoms with E-state index in [4.69, 9.17) is 0 Å². The van der Waals surface area contributed by atoms with Gasteiger partial charge in [-0.25, -0.2) is 9.78 Å². The van der Waals surface area contributed by atoms with E-state index < -0.39 is 5.54 Å². The highest BCUT2D eigenvalue weighted by Gasteiger charge is 2.27. The Hall–Kier alpha value is -1.89. The van der Waals surface area contributed by atoms with Crippen LogP contribution in [0.25, 0.3) is 0 Å². The van der Waals surface area contributed by atoms with E-state index >= 15 is 0 Å². The lowest BCUT2D eigenvalue weighted by Crippen LogP contribution is -2.43. The van der Waals surface area contributed by atoms with E-state index in [-0.39, 0.29) is 6.03 Å². The number of thiazole rings is 1. The molecule has 2 N–H and O–H groups in total. The van der Waals surface area contributed by atoms with Gasteiger partial charge in [0.15, 0.2) is 0 Å². The van der Waals surface area contributed by atoms with Crippen LogP contribution in [0.15, 0.2) is 6.07 Å². The average molecular weight is 307 g/mol. The van der Waals surface area contributed by atoms with Gasteiger partial charge in [-0.3, -0.25) is 10.00 Å². The van der Waals surface area contributed by atoms with Crippen molar-refractivity contribution in [3.63, 3.8) is 0 Å². The number of amides is 2. The molecule has 6 nitrogen and oxygen atoms in total. The molecule has 0 atom stereocenters. The minimum atomic E-state index is -0.526. The number of nitrogens with zero attached hydrogens (tertiary/aromatic N) is 3. The summed E-state index contributed by atoms with van der Waals surface area (Å²) in [7, 11) is 1.79. The fourth-order valence-electron chi connectivity index (χ4n) is 1.95. The maximum absolute atomic E-state index is 12.2. The first-order valence-electron chi connectivity index (χ1n) is 6.73. The molecule has 21 heavy (non-hydrogen) atoms. The van der Waals surface area contributed by atoms with Gasteiger partial charge in [-0.2, -0.15) is 5.10 Å².